The lowest BCUT2D eigenvalue weighted by molar-refractivity contribution is 0.311. The van der Waals surface area contributed by atoms with Crippen molar-refractivity contribution >= 4 is 46.5 Å². The molecular weight excluding hydrogens is 403 g/mol. The van der Waals surface area contributed by atoms with Gasteiger partial charge >= 0.3 is 0 Å². The van der Waals surface area contributed by atoms with Crippen LogP contribution in [0.2, 0.25) is 10.0 Å². The van der Waals surface area contributed by atoms with E-state index in [0.717, 1.165) is 38.8 Å². The first-order chi connectivity index (χ1) is 12.7. The van der Waals surface area contributed by atoms with E-state index >= 15 is 0 Å². The Kier molecular flexibility index (Phi) is 6.93. The molecule has 1 aromatic heterocycles. The molecule has 0 radical (unpaired) electrons. The van der Waals surface area contributed by atoms with Crippen LogP contribution >= 0.6 is 35.6 Å². The van der Waals surface area contributed by atoms with E-state index in [4.69, 9.17) is 27.9 Å². The summed E-state index contributed by atoms with van der Waals surface area (Å²) in [6.45, 7) is 2.68. The Balaban J connectivity index is 0.00000210. The summed E-state index contributed by atoms with van der Waals surface area (Å²) in [5, 5.41) is 6.00. The van der Waals surface area contributed by atoms with Crippen LogP contribution in [-0.4, -0.2) is 24.7 Å². The molecule has 2 aromatic carbocycles. The molecule has 0 saturated heterocycles. The highest BCUT2D eigenvalue weighted by atomic mass is 35.5. The minimum Gasteiger partial charge on any atom is -0.490 e. The topological polar surface area (TPSA) is 37.0 Å². The van der Waals surface area contributed by atoms with E-state index in [1.807, 2.05) is 6.07 Å². The summed E-state index contributed by atoms with van der Waals surface area (Å²) in [7, 11) is 0. The molecule has 0 amide bonds. The van der Waals surface area contributed by atoms with Gasteiger partial charge in [0.1, 0.15) is 0 Å². The molecule has 6 heteroatoms. The van der Waals surface area contributed by atoms with E-state index in [0.29, 0.717) is 22.4 Å². The maximum atomic E-state index is 6.16. The number of ether oxygens (including phenoxy) is 1. The molecule has 0 unspecified atom stereocenters. The van der Waals surface area contributed by atoms with Gasteiger partial charge in [0.25, 0.3) is 0 Å². The van der Waals surface area contributed by atoms with Crippen molar-refractivity contribution in [2.45, 2.75) is 25.7 Å². The lowest BCUT2D eigenvalue weighted by Crippen LogP contribution is -2.16. The van der Waals surface area contributed by atoms with Crippen LogP contribution in [0.5, 0.6) is 5.75 Å². The minimum absolute atomic E-state index is 0. The Morgan fingerprint density at radius 1 is 0.963 bits per heavy atom. The fourth-order valence-corrected chi connectivity index (χ4v) is 4.26. The summed E-state index contributed by atoms with van der Waals surface area (Å²) in [5.74, 6) is 0.579. The Bertz CT molecular complexity index is 903. The van der Waals surface area contributed by atoms with Gasteiger partial charge < -0.3 is 15.0 Å². The second-order valence-corrected chi connectivity index (χ2v) is 7.49. The number of hydrogen-bond donors (Lipinski definition) is 2. The van der Waals surface area contributed by atoms with Gasteiger partial charge in [0.2, 0.25) is 0 Å². The van der Waals surface area contributed by atoms with Crippen molar-refractivity contribution in [3.63, 3.8) is 0 Å². The zero-order chi connectivity index (χ0) is 17.9. The highest BCUT2D eigenvalue weighted by Gasteiger charge is 2.16. The number of hydrogen-bond acceptors (Lipinski definition) is 2. The highest BCUT2D eigenvalue weighted by molar-refractivity contribution is 6.37. The van der Waals surface area contributed by atoms with Crippen LogP contribution in [0.15, 0.2) is 36.4 Å². The summed E-state index contributed by atoms with van der Waals surface area (Å²) in [4.78, 5) is 3.62. The van der Waals surface area contributed by atoms with Crippen molar-refractivity contribution in [1.82, 2.24) is 10.3 Å². The molecule has 0 fully saturated rings. The third-order valence-corrected chi connectivity index (χ3v) is 5.56. The fraction of sp³-hybridized carbons (Fsp3) is 0.333. The van der Waals surface area contributed by atoms with Crippen LogP contribution in [0.25, 0.3) is 10.9 Å². The summed E-state index contributed by atoms with van der Waals surface area (Å²) >= 11 is 12.3. The molecule has 144 valence electrons. The Hall–Kier alpha value is -1.39. The number of rotatable bonds is 5. The van der Waals surface area contributed by atoms with E-state index in [1.54, 1.807) is 12.1 Å². The van der Waals surface area contributed by atoms with Crippen molar-refractivity contribution in [1.29, 1.82) is 0 Å². The molecule has 3 nitrogen and oxygen atoms in total. The first-order valence-corrected chi connectivity index (χ1v) is 9.88. The van der Waals surface area contributed by atoms with Gasteiger partial charge in [-0.1, -0.05) is 41.4 Å². The summed E-state index contributed by atoms with van der Waals surface area (Å²) in [6.07, 6.45) is 4.03. The summed E-state index contributed by atoms with van der Waals surface area (Å²) in [5.41, 5.74) is 5.51. The standard InChI is InChI=1S/C21H22Cl2N2O.ClH/c22-16-6-2-7-17(23)21(16)26-13-3-5-14-4-1-8-19-20(14)15-9-11-24-12-10-18(15)25-19;/h1-2,4,6-8,24-25H,3,5,9-13H2;1H. The van der Waals surface area contributed by atoms with Crippen LogP contribution < -0.4 is 10.1 Å². The van der Waals surface area contributed by atoms with Crippen LogP contribution in [0, 0.1) is 0 Å². The van der Waals surface area contributed by atoms with Gasteiger partial charge in [0.15, 0.2) is 5.75 Å². The summed E-state index contributed by atoms with van der Waals surface area (Å²) < 4.78 is 5.83. The second kappa shape index (κ2) is 9.20. The third kappa shape index (κ3) is 4.38. The molecule has 0 aliphatic carbocycles. The van der Waals surface area contributed by atoms with E-state index in [1.165, 1.54) is 27.7 Å². The van der Waals surface area contributed by atoms with Gasteiger partial charge in [-0.15, -0.1) is 12.4 Å². The molecule has 0 atom stereocenters. The van der Waals surface area contributed by atoms with Crippen molar-refractivity contribution in [3.8, 4) is 5.75 Å². The van der Waals surface area contributed by atoms with Gasteiger partial charge in [0, 0.05) is 29.6 Å². The van der Waals surface area contributed by atoms with Gasteiger partial charge in [-0.2, -0.15) is 0 Å². The normalized spacial score (nSPS) is 13.7. The monoisotopic (exact) mass is 424 g/mol. The van der Waals surface area contributed by atoms with Gasteiger partial charge in [-0.05, 0) is 55.1 Å². The van der Waals surface area contributed by atoms with E-state index < -0.39 is 0 Å². The largest absolute Gasteiger partial charge is 0.490 e. The SMILES string of the molecule is Cl.Clc1cccc(Cl)c1OCCCc1cccc2[nH]c3c(c12)CCNCC3. The van der Waals surface area contributed by atoms with Crippen molar-refractivity contribution in [3.05, 3.63) is 63.3 Å². The third-order valence-electron chi connectivity index (χ3n) is 4.96. The Morgan fingerprint density at radius 2 is 1.70 bits per heavy atom. The molecule has 27 heavy (non-hydrogen) atoms. The van der Waals surface area contributed by atoms with E-state index in [2.05, 4.69) is 28.5 Å². The molecule has 2 N–H and O–H groups in total. The molecule has 4 rings (SSSR count). The average Bonchev–Trinajstić information content (AvgIpc) is 2.83. The smallest absolute Gasteiger partial charge is 0.156 e. The van der Waals surface area contributed by atoms with E-state index in [9.17, 15) is 0 Å². The number of aromatic nitrogens is 1. The van der Waals surface area contributed by atoms with Crippen LogP contribution in [0.1, 0.15) is 23.2 Å². The lowest BCUT2D eigenvalue weighted by Gasteiger charge is -2.10. The predicted molar refractivity (Wildman–Crippen MR) is 116 cm³/mol. The minimum atomic E-state index is 0. The van der Waals surface area contributed by atoms with Crippen LogP contribution in [-0.2, 0) is 19.3 Å². The first-order valence-electron chi connectivity index (χ1n) is 9.13. The molecular formula is C21H23Cl3N2O. The number of aryl methyl sites for hydroxylation is 1. The van der Waals surface area contributed by atoms with Gasteiger partial charge in [-0.25, -0.2) is 0 Å². The average molecular weight is 426 g/mol. The maximum Gasteiger partial charge on any atom is 0.156 e. The van der Waals surface area contributed by atoms with Crippen molar-refractivity contribution in [2.75, 3.05) is 19.7 Å². The zero-order valence-electron chi connectivity index (χ0n) is 15.0. The van der Waals surface area contributed by atoms with Crippen LogP contribution in [0.4, 0.5) is 0 Å². The number of nitrogens with one attached hydrogen (secondary N) is 2. The highest BCUT2D eigenvalue weighted by Crippen LogP contribution is 2.33. The Labute approximate surface area is 175 Å². The fourth-order valence-electron chi connectivity index (χ4n) is 3.76. The number of para-hydroxylation sites is 1. The first kappa shape index (κ1) is 20.3. The molecule has 1 aliphatic heterocycles. The molecule has 2 heterocycles. The van der Waals surface area contributed by atoms with Crippen LogP contribution in [0.3, 0.4) is 0 Å². The second-order valence-electron chi connectivity index (χ2n) is 6.67. The number of benzene rings is 2. The molecule has 0 spiro atoms. The Morgan fingerprint density at radius 3 is 2.52 bits per heavy atom. The van der Waals surface area contributed by atoms with Gasteiger partial charge in [0.05, 0.1) is 16.7 Å². The molecule has 3 aromatic rings. The number of halogens is 3. The van der Waals surface area contributed by atoms with Gasteiger partial charge in [-0.3, -0.25) is 0 Å². The number of aromatic amines is 1. The molecule has 0 saturated carbocycles. The predicted octanol–water partition coefficient (Wildman–Crippen LogP) is 5.60. The maximum absolute atomic E-state index is 6.16. The van der Waals surface area contributed by atoms with Crippen molar-refractivity contribution < 1.29 is 4.74 Å². The quantitative estimate of drug-likeness (QED) is 0.522. The summed E-state index contributed by atoms with van der Waals surface area (Å²) in [6, 6.07) is 12.0. The number of H-pyrrole nitrogens is 1. The van der Waals surface area contributed by atoms with Crippen molar-refractivity contribution in [2.24, 2.45) is 0 Å². The van der Waals surface area contributed by atoms with E-state index in [-0.39, 0.29) is 12.4 Å². The zero-order valence-corrected chi connectivity index (χ0v) is 17.3. The molecule has 0 bridgehead atoms. The molecule has 1 aliphatic rings. The lowest BCUT2D eigenvalue weighted by atomic mass is 9.99. The number of fused-ring (bicyclic) bond motifs is 3.